The lowest BCUT2D eigenvalue weighted by atomic mass is 10.1. The zero-order valence-electron chi connectivity index (χ0n) is 15.1. The molecular formula is C19H18N4O6. The summed E-state index contributed by atoms with van der Waals surface area (Å²) < 4.78 is 0. The lowest BCUT2D eigenvalue weighted by Gasteiger charge is -2.40. The van der Waals surface area contributed by atoms with E-state index in [1.54, 1.807) is 42.5 Å². The van der Waals surface area contributed by atoms with Gasteiger partial charge < -0.3 is 20.6 Å². The van der Waals surface area contributed by atoms with Crippen molar-refractivity contribution in [2.24, 2.45) is 0 Å². The van der Waals surface area contributed by atoms with Crippen molar-refractivity contribution in [1.29, 1.82) is 0 Å². The van der Waals surface area contributed by atoms with E-state index in [-0.39, 0.29) is 12.4 Å². The van der Waals surface area contributed by atoms with Gasteiger partial charge in [0, 0.05) is 6.20 Å². The summed E-state index contributed by atoms with van der Waals surface area (Å²) in [6.07, 6.45) is -0.243. The average molecular weight is 398 g/mol. The molecule has 1 unspecified atom stereocenters. The second-order valence-corrected chi connectivity index (χ2v) is 6.10. The molecule has 1 aromatic carbocycles. The number of anilines is 1. The predicted molar refractivity (Wildman–Crippen MR) is 100 cm³/mol. The van der Waals surface area contributed by atoms with Gasteiger partial charge in [-0.05, 0) is 17.7 Å². The number of rotatable bonds is 6. The molecule has 0 bridgehead atoms. The zero-order valence-corrected chi connectivity index (χ0v) is 15.1. The van der Waals surface area contributed by atoms with Gasteiger partial charge in [0.25, 0.3) is 11.8 Å². The molecule has 0 aliphatic carbocycles. The number of hydrogen-bond acceptors (Lipinski definition) is 7. The van der Waals surface area contributed by atoms with Crippen LogP contribution in [0.15, 0.2) is 66.2 Å². The number of aliphatic hydroxyl groups excluding tert-OH is 2. The Bertz CT molecular complexity index is 948. The maximum Gasteiger partial charge on any atom is 0.322 e. The summed E-state index contributed by atoms with van der Waals surface area (Å²) in [4.78, 5) is 42.0. The fourth-order valence-corrected chi connectivity index (χ4v) is 2.81. The van der Waals surface area contributed by atoms with Crippen LogP contribution in [0.2, 0.25) is 0 Å². The Morgan fingerprint density at radius 1 is 1.10 bits per heavy atom. The van der Waals surface area contributed by atoms with E-state index in [4.69, 9.17) is 5.11 Å². The van der Waals surface area contributed by atoms with Gasteiger partial charge in [0.2, 0.25) is 12.2 Å². The van der Waals surface area contributed by atoms with Crippen molar-refractivity contribution in [1.82, 2.24) is 15.2 Å². The maximum atomic E-state index is 12.9. The summed E-state index contributed by atoms with van der Waals surface area (Å²) in [5, 5.41) is 32.2. The van der Waals surface area contributed by atoms with Crippen molar-refractivity contribution in [3.8, 4) is 0 Å². The molecule has 4 N–H and O–H groups in total. The number of aliphatic hydroxyl groups is 2. The van der Waals surface area contributed by atoms with Gasteiger partial charge in [0.1, 0.15) is 12.4 Å². The smallest absolute Gasteiger partial charge is 0.322 e. The third-order valence-corrected chi connectivity index (χ3v) is 4.16. The molecule has 3 rings (SSSR count). The van der Waals surface area contributed by atoms with Crippen molar-refractivity contribution in [3.63, 3.8) is 0 Å². The van der Waals surface area contributed by atoms with Gasteiger partial charge >= 0.3 is 5.97 Å². The molecule has 2 amide bonds. The first kappa shape index (κ1) is 19.8. The van der Waals surface area contributed by atoms with Gasteiger partial charge in [-0.15, -0.1) is 0 Å². The van der Waals surface area contributed by atoms with Crippen molar-refractivity contribution < 1.29 is 29.7 Å². The number of hydrogen-bond donors (Lipinski definition) is 4. The molecule has 0 spiro atoms. The summed E-state index contributed by atoms with van der Waals surface area (Å²) >= 11 is 0. The van der Waals surface area contributed by atoms with Crippen LogP contribution < -0.4 is 10.2 Å². The molecule has 10 nitrogen and oxygen atoms in total. The highest BCUT2D eigenvalue weighted by Gasteiger charge is 2.43. The fourth-order valence-electron chi connectivity index (χ4n) is 2.81. The van der Waals surface area contributed by atoms with Gasteiger partial charge in [-0.25, -0.2) is 9.88 Å². The first-order chi connectivity index (χ1) is 13.9. The minimum Gasteiger partial charge on any atom is -0.494 e. The zero-order chi connectivity index (χ0) is 21.0. The maximum absolute atomic E-state index is 12.9. The topological polar surface area (TPSA) is 143 Å². The Balaban J connectivity index is 2.03. The SMILES string of the molecule is O=C(O)CNC(=O)C1=C(O)N(Cc2ccccc2)C(O)N(c2ccccn2)C1=O. The summed E-state index contributed by atoms with van der Waals surface area (Å²) in [7, 11) is 0. The molecular weight excluding hydrogens is 380 g/mol. The molecule has 1 aromatic heterocycles. The molecule has 29 heavy (non-hydrogen) atoms. The molecule has 0 saturated carbocycles. The molecule has 0 fully saturated rings. The standard InChI is InChI=1S/C19H18N4O6/c24-14(25)10-21-16(26)15-17(27)22(11-12-6-2-1-3-7-12)19(29)23(18(15)28)13-8-4-5-9-20-13/h1-9,19,27,29H,10-11H2,(H,21,26)(H,24,25). The minimum absolute atomic E-state index is 0.0276. The number of aromatic nitrogens is 1. The summed E-state index contributed by atoms with van der Waals surface area (Å²) in [5.74, 6) is -4.12. The van der Waals surface area contributed by atoms with Crippen LogP contribution in [-0.4, -0.2) is 55.9 Å². The Kier molecular flexibility index (Phi) is 5.74. The van der Waals surface area contributed by atoms with Crippen LogP contribution in [0.5, 0.6) is 0 Å². The van der Waals surface area contributed by atoms with Crippen LogP contribution in [0, 0.1) is 0 Å². The van der Waals surface area contributed by atoms with Crippen molar-refractivity contribution in [2.75, 3.05) is 11.4 Å². The molecule has 0 saturated heterocycles. The van der Waals surface area contributed by atoms with Crippen molar-refractivity contribution >= 4 is 23.6 Å². The molecule has 1 aliphatic rings. The van der Waals surface area contributed by atoms with Crippen molar-refractivity contribution in [2.45, 2.75) is 12.9 Å². The lowest BCUT2D eigenvalue weighted by molar-refractivity contribution is -0.138. The van der Waals surface area contributed by atoms with Gasteiger partial charge in [-0.1, -0.05) is 36.4 Å². The van der Waals surface area contributed by atoms with E-state index in [1.165, 1.54) is 12.3 Å². The normalized spacial score (nSPS) is 16.7. The number of amides is 2. The van der Waals surface area contributed by atoms with Crippen LogP contribution in [0.4, 0.5) is 5.82 Å². The van der Waals surface area contributed by atoms with E-state index in [1.807, 2.05) is 0 Å². The van der Waals surface area contributed by atoms with Crippen molar-refractivity contribution in [3.05, 3.63) is 71.7 Å². The first-order valence-electron chi connectivity index (χ1n) is 8.56. The lowest BCUT2D eigenvalue weighted by Crippen LogP contribution is -2.57. The Morgan fingerprint density at radius 3 is 2.41 bits per heavy atom. The van der Waals surface area contributed by atoms with E-state index in [0.717, 1.165) is 9.80 Å². The summed E-state index contributed by atoms with van der Waals surface area (Å²) in [6, 6.07) is 13.4. The number of carboxylic acids is 1. The molecule has 150 valence electrons. The fraction of sp³-hybridized carbons (Fsp3) is 0.158. The van der Waals surface area contributed by atoms with Gasteiger partial charge in [0.05, 0.1) is 6.54 Å². The van der Waals surface area contributed by atoms with Crippen LogP contribution >= 0.6 is 0 Å². The van der Waals surface area contributed by atoms with E-state index in [0.29, 0.717) is 5.56 Å². The largest absolute Gasteiger partial charge is 0.494 e. The molecule has 2 heterocycles. The number of carbonyl (C=O) groups excluding carboxylic acids is 2. The second-order valence-electron chi connectivity index (χ2n) is 6.10. The van der Waals surface area contributed by atoms with E-state index >= 15 is 0 Å². The number of pyridine rings is 1. The molecule has 2 aromatic rings. The second kappa shape index (κ2) is 8.40. The Hall–Kier alpha value is -3.92. The van der Waals surface area contributed by atoms with Crippen LogP contribution in [-0.2, 0) is 20.9 Å². The van der Waals surface area contributed by atoms with Gasteiger partial charge in [-0.3, -0.25) is 19.3 Å². The Morgan fingerprint density at radius 2 is 1.79 bits per heavy atom. The molecule has 1 atom stereocenters. The first-order valence-corrected chi connectivity index (χ1v) is 8.56. The van der Waals surface area contributed by atoms with E-state index < -0.39 is 42.1 Å². The number of nitrogens with one attached hydrogen (secondary N) is 1. The average Bonchev–Trinajstić information content (AvgIpc) is 2.71. The summed E-state index contributed by atoms with van der Waals surface area (Å²) in [6.45, 7) is -0.770. The third kappa shape index (κ3) is 4.17. The number of benzene rings is 1. The Labute approximate surface area is 165 Å². The highest BCUT2D eigenvalue weighted by atomic mass is 16.4. The van der Waals surface area contributed by atoms with Crippen LogP contribution in [0.3, 0.4) is 0 Å². The molecule has 0 radical (unpaired) electrons. The van der Waals surface area contributed by atoms with Gasteiger partial charge in [-0.2, -0.15) is 0 Å². The minimum atomic E-state index is -1.64. The summed E-state index contributed by atoms with van der Waals surface area (Å²) in [5.41, 5.74) is -0.00292. The quantitative estimate of drug-likeness (QED) is 0.505. The molecule has 1 aliphatic heterocycles. The monoisotopic (exact) mass is 398 g/mol. The highest BCUT2D eigenvalue weighted by Crippen LogP contribution is 2.28. The van der Waals surface area contributed by atoms with E-state index in [9.17, 15) is 24.6 Å². The number of aliphatic carboxylic acids is 1. The number of carbonyl (C=O) groups is 3. The number of carboxylic acid groups (broad SMARTS) is 1. The van der Waals surface area contributed by atoms with Crippen LogP contribution in [0.25, 0.3) is 0 Å². The van der Waals surface area contributed by atoms with Crippen LogP contribution in [0.1, 0.15) is 5.56 Å². The van der Waals surface area contributed by atoms with Gasteiger partial charge in [0.15, 0.2) is 5.57 Å². The third-order valence-electron chi connectivity index (χ3n) is 4.16. The van der Waals surface area contributed by atoms with E-state index in [2.05, 4.69) is 10.3 Å². The number of nitrogens with zero attached hydrogens (tertiary/aromatic N) is 3. The molecule has 10 heteroatoms. The highest BCUT2D eigenvalue weighted by molar-refractivity contribution is 6.24. The predicted octanol–water partition coefficient (Wildman–Crippen LogP) is 0.177.